The van der Waals surface area contributed by atoms with Crippen molar-refractivity contribution >= 4 is 41.7 Å². The maximum atomic E-state index is 14.4. The Balaban J connectivity index is 1.49. The molecule has 0 aliphatic rings. The Morgan fingerprint density at radius 3 is 1.17 bits per heavy atom. The van der Waals surface area contributed by atoms with Gasteiger partial charge in [0.1, 0.15) is 4.90 Å². The van der Waals surface area contributed by atoms with Gasteiger partial charge in [0.05, 0.1) is 4.90 Å². The topological polar surface area (TPSA) is 101 Å². The lowest BCUT2D eigenvalue weighted by Crippen LogP contribution is -2.21. The monoisotopic (exact) mass is 731 g/mol. The summed E-state index contributed by atoms with van der Waals surface area (Å²) in [6, 6.07) is 52.8. The van der Waals surface area contributed by atoms with Crippen molar-refractivity contribution in [1.82, 2.24) is 4.72 Å². The molecule has 0 aliphatic carbocycles. The van der Waals surface area contributed by atoms with Gasteiger partial charge in [-0.2, -0.15) is 8.42 Å². The van der Waals surface area contributed by atoms with Gasteiger partial charge in [-0.1, -0.05) is 158 Å². The Labute approximate surface area is 308 Å². The number of hydrogen-bond donors (Lipinski definition) is 2. The molecule has 0 saturated carbocycles. The molecule has 0 fully saturated rings. The molecule has 8 aromatic rings. The van der Waals surface area contributed by atoms with E-state index < -0.39 is 20.1 Å². The molecule has 8 aromatic carbocycles. The Morgan fingerprint density at radius 1 is 0.415 bits per heavy atom. The van der Waals surface area contributed by atoms with Crippen LogP contribution in [0.15, 0.2) is 180 Å². The fraction of sp³-hybridized carbons (Fsp3) is 0.0222. The first-order valence-corrected chi connectivity index (χ1v) is 19.9. The van der Waals surface area contributed by atoms with E-state index in [9.17, 15) is 21.4 Å². The first-order valence-electron chi connectivity index (χ1n) is 17.0. The quantitative estimate of drug-likeness (QED) is 0.152. The van der Waals surface area contributed by atoms with Gasteiger partial charge in [0.25, 0.3) is 10.1 Å². The van der Waals surface area contributed by atoms with Crippen LogP contribution in [0.5, 0.6) is 0 Å². The smallest absolute Gasteiger partial charge is 0.282 e. The van der Waals surface area contributed by atoms with E-state index in [1.54, 1.807) is 30.3 Å². The molecule has 53 heavy (non-hydrogen) atoms. The van der Waals surface area contributed by atoms with Crippen LogP contribution >= 0.6 is 0 Å². The molecule has 8 rings (SSSR count). The number of sulfonamides is 1. The minimum absolute atomic E-state index is 0.0977. The predicted molar refractivity (Wildman–Crippen MR) is 215 cm³/mol. The summed E-state index contributed by atoms with van der Waals surface area (Å²) in [4.78, 5) is -0.476. The Morgan fingerprint density at radius 2 is 0.755 bits per heavy atom. The maximum Gasteiger partial charge on any atom is 0.295 e. The lowest BCUT2D eigenvalue weighted by atomic mass is 9.87. The highest BCUT2D eigenvalue weighted by Crippen LogP contribution is 2.49. The van der Waals surface area contributed by atoms with Gasteiger partial charge >= 0.3 is 0 Å². The second-order valence-electron chi connectivity index (χ2n) is 12.8. The molecule has 2 N–H and O–H groups in total. The Hall–Kier alpha value is -5.90. The highest BCUT2D eigenvalue weighted by atomic mass is 32.2. The first kappa shape index (κ1) is 34.2. The van der Waals surface area contributed by atoms with Crippen molar-refractivity contribution in [2.75, 3.05) is 7.05 Å². The molecule has 0 aliphatic heterocycles. The molecular formula is C45H33NO5S2. The van der Waals surface area contributed by atoms with Gasteiger partial charge in [0, 0.05) is 22.3 Å². The van der Waals surface area contributed by atoms with Crippen molar-refractivity contribution < 1.29 is 21.4 Å². The zero-order valence-electron chi connectivity index (χ0n) is 28.6. The minimum atomic E-state index is -4.98. The van der Waals surface area contributed by atoms with Crippen molar-refractivity contribution in [3.8, 4) is 55.6 Å². The molecule has 0 aromatic heterocycles. The molecule has 0 radical (unpaired) electrons. The van der Waals surface area contributed by atoms with Gasteiger partial charge in [-0.3, -0.25) is 4.55 Å². The summed E-state index contributed by atoms with van der Waals surface area (Å²) in [5, 5.41) is 2.35. The zero-order valence-corrected chi connectivity index (χ0v) is 30.2. The maximum absolute atomic E-state index is 14.4. The van der Waals surface area contributed by atoms with Crippen LogP contribution in [-0.2, 0) is 20.1 Å². The summed E-state index contributed by atoms with van der Waals surface area (Å²) in [5.41, 5.74) is 5.96. The summed E-state index contributed by atoms with van der Waals surface area (Å²) in [6.45, 7) is 0. The van der Waals surface area contributed by atoms with Crippen LogP contribution in [0.3, 0.4) is 0 Å². The van der Waals surface area contributed by atoms with Crippen molar-refractivity contribution in [2.45, 2.75) is 9.79 Å². The summed E-state index contributed by atoms with van der Waals surface area (Å²) < 4.78 is 70.3. The van der Waals surface area contributed by atoms with Crippen LogP contribution in [0.2, 0.25) is 0 Å². The zero-order chi connectivity index (χ0) is 36.7. The average Bonchev–Trinajstić information content (AvgIpc) is 3.20. The second-order valence-corrected chi connectivity index (χ2v) is 15.9. The third-order valence-corrected chi connectivity index (χ3v) is 12.1. The third kappa shape index (κ3) is 6.32. The van der Waals surface area contributed by atoms with E-state index in [0.29, 0.717) is 38.2 Å². The van der Waals surface area contributed by atoms with Gasteiger partial charge in [0.2, 0.25) is 10.0 Å². The second kappa shape index (κ2) is 13.6. The van der Waals surface area contributed by atoms with E-state index in [1.807, 2.05) is 140 Å². The van der Waals surface area contributed by atoms with Crippen LogP contribution in [0, 0.1) is 0 Å². The SMILES string of the molecule is CNS(=O)(=O)c1c(-c2ccc(-c3ccccc3)cc2)cc2ccccc2c1-c1c(S(=O)(=O)O)c(-c2ccc(-c3ccccc3)cc2)cc2ccccc12. The van der Waals surface area contributed by atoms with Crippen LogP contribution in [0.1, 0.15) is 0 Å². The molecule has 0 atom stereocenters. The highest BCUT2D eigenvalue weighted by molar-refractivity contribution is 7.89. The first-order chi connectivity index (χ1) is 25.6. The van der Waals surface area contributed by atoms with Gasteiger partial charge < -0.3 is 0 Å². The Bertz CT molecular complexity index is 2870. The molecule has 0 spiro atoms. The molecule has 0 bridgehead atoms. The molecular weight excluding hydrogens is 699 g/mol. The van der Waals surface area contributed by atoms with Crippen molar-refractivity contribution in [3.63, 3.8) is 0 Å². The number of rotatable bonds is 8. The number of fused-ring (bicyclic) bond motifs is 2. The predicted octanol–water partition coefficient (Wildman–Crippen LogP) is 10.5. The lowest BCUT2D eigenvalue weighted by Gasteiger charge is -2.23. The number of nitrogens with one attached hydrogen (secondary N) is 1. The highest BCUT2D eigenvalue weighted by Gasteiger charge is 2.32. The molecule has 260 valence electrons. The molecule has 0 amide bonds. The van der Waals surface area contributed by atoms with E-state index in [1.165, 1.54) is 7.05 Å². The molecule has 8 heteroatoms. The third-order valence-electron chi connectivity index (χ3n) is 9.65. The van der Waals surface area contributed by atoms with Crippen LogP contribution < -0.4 is 4.72 Å². The Kier molecular flexibility index (Phi) is 8.76. The summed E-state index contributed by atoms with van der Waals surface area (Å²) in [6.07, 6.45) is 0. The molecule has 0 saturated heterocycles. The minimum Gasteiger partial charge on any atom is -0.282 e. The summed E-state index contributed by atoms with van der Waals surface area (Å²) in [7, 11) is -7.92. The van der Waals surface area contributed by atoms with E-state index in [2.05, 4.69) is 4.72 Å². The average molecular weight is 732 g/mol. The summed E-state index contributed by atoms with van der Waals surface area (Å²) in [5.74, 6) is 0. The molecule has 0 unspecified atom stereocenters. The van der Waals surface area contributed by atoms with Crippen molar-refractivity contribution in [1.29, 1.82) is 0 Å². The molecule has 0 heterocycles. The summed E-state index contributed by atoms with van der Waals surface area (Å²) >= 11 is 0. The van der Waals surface area contributed by atoms with E-state index >= 15 is 0 Å². The largest absolute Gasteiger partial charge is 0.295 e. The number of hydrogen-bond acceptors (Lipinski definition) is 4. The van der Waals surface area contributed by atoms with E-state index in [0.717, 1.165) is 22.3 Å². The number of benzene rings is 8. The fourth-order valence-corrected chi connectivity index (χ4v) is 9.25. The van der Waals surface area contributed by atoms with E-state index in [4.69, 9.17) is 0 Å². The fourth-order valence-electron chi connectivity index (χ4n) is 7.18. The molecule has 6 nitrogen and oxygen atoms in total. The van der Waals surface area contributed by atoms with E-state index in [-0.39, 0.29) is 26.5 Å². The van der Waals surface area contributed by atoms with Crippen molar-refractivity contribution in [2.24, 2.45) is 0 Å². The van der Waals surface area contributed by atoms with Gasteiger partial charge in [-0.05, 0) is 74.1 Å². The normalized spacial score (nSPS) is 12.0. The van der Waals surface area contributed by atoms with Gasteiger partial charge in [-0.15, -0.1) is 0 Å². The lowest BCUT2D eigenvalue weighted by molar-refractivity contribution is 0.484. The van der Waals surface area contributed by atoms with Crippen LogP contribution in [0.25, 0.3) is 77.2 Å². The van der Waals surface area contributed by atoms with Crippen LogP contribution in [0.4, 0.5) is 0 Å². The van der Waals surface area contributed by atoms with Gasteiger partial charge in [0.15, 0.2) is 0 Å². The van der Waals surface area contributed by atoms with Crippen LogP contribution in [-0.4, -0.2) is 28.4 Å². The van der Waals surface area contributed by atoms with Gasteiger partial charge in [-0.25, -0.2) is 13.1 Å². The standard InChI is InChI=1S/C45H33NO5S2/c1-46-52(47,48)44-40(34-24-20-32(21-25-34)30-12-4-2-5-13-30)28-36-16-8-10-18-38(36)42(44)43-39-19-11-9-17-37(39)29-41(45(43)53(49,50)51)35-26-22-33(23-27-35)31-14-6-3-7-15-31/h2-29,46H,1H3,(H,49,50,51). The van der Waals surface area contributed by atoms with Crippen molar-refractivity contribution in [3.05, 3.63) is 170 Å².